The number of hydrogen-bond donors (Lipinski definition) is 4. The van der Waals surface area contributed by atoms with E-state index in [9.17, 15) is 13.2 Å². The molecule has 0 saturated heterocycles. The SMILES string of the molecule is CNSc1ccc(Nc2ccccc2C(F)(F)F)c(/C(N)=N/N(C)N)c1. The first-order chi connectivity index (χ1) is 12.2. The van der Waals surface area contributed by atoms with E-state index in [1.54, 1.807) is 25.2 Å². The summed E-state index contributed by atoms with van der Waals surface area (Å²) < 4.78 is 42.6. The van der Waals surface area contributed by atoms with E-state index >= 15 is 0 Å². The Bertz CT molecular complexity index is 792. The standard InChI is InChI=1S/C16H19F3N6S/c1-22-26-10-7-8-13(11(9-10)15(20)24-25(2)21)23-14-6-4-3-5-12(14)16(17,18)19/h3-9,22-23H,21H2,1-2H3,(H2,20,24). The van der Waals surface area contributed by atoms with Crippen LogP contribution in [0.5, 0.6) is 0 Å². The van der Waals surface area contributed by atoms with Gasteiger partial charge < -0.3 is 11.1 Å². The minimum Gasteiger partial charge on any atom is -0.382 e. The van der Waals surface area contributed by atoms with Crippen LogP contribution in [0.25, 0.3) is 0 Å². The molecule has 0 fully saturated rings. The van der Waals surface area contributed by atoms with Gasteiger partial charge in [-0.25, -0.2) is 11.0 Å². The summed E-state index contributed by atoms with van der Waals surface area (Å²) in [5.74, 6) is 5.56. The number of nitrogens with one attached hydrogen (secondary N) is 2. The van der Waals surface area contributed by atoms with E-state index in [-0.39, 0.29) is 11.5 Å². The molecule has 0 radical (unpaired) electrons. The molecule has 0 spiro atoms. The molecule has 2 aromatic rings. The van der Waals surface area contributed by atoms with Crippen molar-refractivity contribution in [3.05, 3.63) is 53.6 Å². The minimum absolute atomic E-state index is 0.0699. The number of hydrogen-bond acceptors (Lipinski definition) is 6. The number of para-hydroxylation sites is 1. The third kappa shape index (κ3) is 5.04. The van der Waals surface area contributed by atoms with Crippen LogP contribution in [0.4, 0.5) is 24.5 Å². The molecule has 6 nitrogen and oxygen atoms in total. The maximum Gasteiger partial charge on any atom is 0.418 e. The number of hydrazone groups is 1. The van der Waals surface area contributed by atoms with Crippen LogP contribution < -0.4 is 21.6 Å². The molecule has 0 aromatic heterocycles. The van der Waals surface area contributed by atoms with Gasteiger partial charge in [-0.1, -0.05) is 12.1 Å². The molecule has 0 aliphatic carbocycles. The molecule has 10 heteroatoms. The van der Waals surface area contributed by atoms with E-state index < -0.39 is 11.7 Å². The fourth-order valence-electron chi connectivity index (χ4n) is 2.23. The molecule has 0 heterocycles. The molecule has 0 amide bonds. The zero-order chi connectivity index (χ0) is 19.3. The van der Waals surface area contributed by atoms with E-state index in [1.165, 1.54) is 37.2 Å². The van der Waals surface area contributed by atoms with Crippen molar-refractivity contribution < 1.29 is 13.2 Å². The molecule has 0 unspecified atom stereocenters. The van der Waals surface area contributed by atoms with Crippen molar-refractivity contribution in [2.75, 3.05) is 19.4 Å². The molecule has 0 aliphatic heterocycles. The lowest BCUT2D eigenvalue weighted by Gasteiger charge is -2.18. The number of alkyl halides is 3. The Morgan fingerprint density at radius 1 is 1.15 bits per heavy atom. The monoisotopic (exact) mass is 384 g/mol. The van der Waals surface area contributed by atoms with Crippen LogP contribution in [0.15, 0.2) is 52.5 Å². The zero-order valence-corrected chi connectivity index (χ0v) is 14.9. The average Bonchev–Trinajstić information content (AvgIpc) is 2.55. The maximum atomic E-state index is 13.2. The second kappa shape index (κ2) is 8.30. The van der Waals surface area contributed by atoms with Crippen molar-refractivity contribution in [1.82, 2.24) is 9.84 Å². The highest BCUT2D eigenvalue weighted by molar-refractivity contribution is 7.97. The van der Waals surface area contributed by atoms with Gasteiger partial charge in [0.05, 0.1) is 11.3 Å². The second-order valence-electron chi connectivity index (χ2n) is 5.24. The Labute approximate surface area is 153 Å². The summed E-state index contributed by atoms with van der Waals surface area (Å²) in [4.78, 5) is 0.815. The van der Waals surface area contributed by atoms with E-state index in [4.69, 9.17) is 11.6 Å². The second-order valence-corrected chi connectivity index (χ2v) is 6.32. The van der Waals surface area contributed by atoms with Crippen LogP contribution in [0.2, 0.25) is 0 Å². The van der Waals surface area contributed by atoms with Crippen LogP contribution >= 0.6 is 11.9 Å². The van der Waals surface area contributed by atoms with Gasteiger partial charge in [-0.2, -0.15) is 13.2 Å². The van der Waals surface area contributed by atoms with E-state index in [2.05, 4.69) is 15.1 Å². The first-order valence-corrected chi connectivity index (χ1v) is 8.27. The Balaban J connectivity index is 2.50. The quantitative estimate of drug-likeness (QED) is 0.201. The van der Waals surface area contributed by atoms with E-state index in [1.807, 2.05) is 0 Å². The van der Waals surface area contributed by atoms with E-state index in [0.29, 0.717) is 11.3 Å². The molecule has 0 atom stereocenters. The molecule has 2 aromatic carbocycles. The molecule has 0 bridgehead atoms. The van der Waals surface area contributed by atoms with Gasteiger partial charge in [0.2, 0.25) is 0 Å². The Morgan fingerprint density at radius 2 is 1.85 bits per heavy atom. The topological polar surface area (TPSA) is 91.7 Å². The number of benzene rings is 2. The molecule has 2 rings (SSSR count). The number of rotatable bonds is 6. The maximum absolute atomic E-state index is 13.2. The molecule has 26 heavy (non-hydrogen) atoms. The van der Waals surface area contributed by atoms with Crippen molar-refractivity contribution >= 4 is 29.2 Å². The number of anilines is 2. The van der Waals surface area contributed by atoms with Crippen LogP contribution in [0.1, 0.15) is 11.1 Å². The summed E-state index contributed by atoms with van der Waals surface area (Å²) in [5.41, 5.74) is 5.93. The zero-order valence-electron chi connectivity index (χ0n) is 14.1. The van der Waals surface area contributed by atoms with Gasteiger partial charge in [-0.05, 0) is 49.3 Å². The fraction of sp³-hybridized carbons (Fsp3) is 0.188. The van der Waals surface area contributed by atoms with Crippen LogP contribution in [-0.4, -0.2) is 25.0 Å². The molecular formula is C16H19F3N6S. The molecular weight excluding hydrogens is 365 g/mol. The predicted octanol–water partition coefficient (Wildman–Crippen LogP) is 3.10. The van der Waals surface area contributed by atoms with Crippen molar-refractivity contribution in [3.8, 4) is 0 Å². The van der Waals surface area contributed by atoms with Gasteiger partial charge in [0.15, 0.2) is 5.84 Å². The highest BCUT2D eigenvalue weighted by atomic mass is 32.2. The Hall–Kier alpha value is -2.43. The summed E-state index contributed by atoms with van der Waals surface area (Å²) in [6.07, 6.45) is -4.48. The molecule has 0 aliphatic rings. The highest BCUT2D eigenvalue weighted by Crippen LogP contribution is 2.36. The van der Waals surface area contributed by atoms with Gasteiger partial charge in [0.25, 0.3) is 0 Å². The van der Waals surface area contributed by atoms with Crippen molar-refractivity contribution in [2.24, 2.45) is 16.7 Å². The van der Waals surface area contributed by atoms with Crippen molar-refractivity contribution in [1.29, 1.82) is 0 Å². The number of nitrogens with two attached hydrogens (primary N) is 2. The first-order valence-electron chi connectivity index (χ1n) is 7.46. The van der Waals surface area contributed by atoms with Gasteiger partial charge >= 0.3 is 6.18 Å². The van der Waals surface area contributed by atoms with Gasteiger partial charge in [0, 0.05) is 23.2 Å². The summed E-state index contributed by atoms with van der Waals surface area (Å²) in [5, 5.41) is 7.77. The summed E-state index contributed by atoms with van der Waals surface area (Å²) in [6.45, 7) is 0. The lowest BCUT2D eigenvalue weighted by molar-refractivity contribution is -0.136. The normalized spacial score (nSPS) is 12.2. The molecule has 6 N–H and O–H groups in total. The Kier molecular flexibility index (Phi) is 6.35. The lowest BCUT2D eigenvalue weighted by atomic mass is 10.1. The molecule has 0 saturated carbocycles. The minimum atomic E-state index is -4.48. The fourth-order valence-corrected chi connectivity index (χ4v) is 2.78. The third-order valence-electron chi connectivity index (χ3n) is 3.25. The predicted molar refractivity (Wildman–Crippen MR) is 98.8 cm³/mol. The third-order valence-corrected chi connectivity index (χ3v) is 3.95. The number of amidine groups is 1. The summed E-state index contributed by atoms with van der Waals surface area (Å²) >= 11 is 1.33. The lowest BCUT2D eigenvalue weighted by Crippen LogP contribution is -2.26. The number of hydrazine groups is 1. The highest BCUT2D eigenvalue weighted by Gasteiger charge is 2.33. The van der Waals surface area contributed by atoms with Gasteiger partial charge in [-0.15, -0.1) is 5.10 Å². The summed E-state index contributed by atoms with van der Waals surface area (Å²) in [6, 6.07) is 10.3. The van der Waals surface area contributed by atoms with Gasteiger partial charge in [0.1, 0.15) is 0 Å². The number of nitrogens with zero attached hydrogens (tertiary/aromatic N) is 2. The summed E-state index contributed by atoms with van der Waals surface area (Å²) in [7, 11) is 3.24. The Morgan fingerprint density at radius 3 is 2.46 bits per heavy atom. The van der Waals surface area contributed by atoms with Crippen LogP contribution in [0.3, 0.4) is 0 Å². The van der Waals surface area contributed by atoms with Crippen LogP contribution in [-0.2, 0) is 6.18 Å². The van der Waals surface area contributed by atoms with Crippen molar-refractivity contribution in [3.63, 3.8) is 0 Å². The van der Waals surface area contributed by atoms with Gasteiger partial charge in [-0.3, -0.25) is 4.72 Å². The van der Waals surface area contributed by atoms with Crippen LogP contribution in [0, 0.1) is 0 Å². The average molecular weight is 384 g/mol. The number of halogens is 3. The van der Waals surface area contributed by atoms with Crippen molar-refractivity contribution in [2.45, 2.75) is 11.1 Å². The smallest absolute Gasteiger partial charge is 0.382 e. The molecule has 140 valence electrons. The van der Waals surface area contributed by atoms with E-state index in [0.717, 1.165) is 16.1 Å². The first kappa shape index (κ1) is 19.9. The largest absolute Gasteiger partial charge is 0.418 e.